The number of rotatable bonds is 6. The molecule has 0 amide bonds. The van der Waals surface area contributed by atoms with Crippen molar-refractivity contribution in [1.29, 1.82) is 0 Å². The largest absolute Gasteiger partial charge is 0.481 e. The number of hydrogen-bond donors (Lipinski definition) is 0. The Bertz CT molecular complexity index is 637. The highest BCUT2D eigenvalue weighted by molar-refractivity contribution is 5.92. The summed E-state index contributed by atoms with van der Waals surface area (Å²) in [6, 6.07) is 15.9. The highest BCUT2D eigenvalue weighted by atomic mass is 16.6. The zero-order chi connectivity index (χ0) is 15.8. The number of methoxy groups -OCH3 is 1. The molecule has 0 spiro atoms. The lowest BCUT2D eigenvalue weighted by Gasteiger charge is -2.10. The van der Waals surface area contributed by atoms with Crippen LogP contribution in [0.15, 0.2) is 54.6 Å². The van der Waals surface area contributed by atoms with E-state index in [9.17, 15) is 9.59 Å². The fraction of sp³-hybridized carbons (Fsp3) is 0.176. The van der Waals surface area contributed by atoms with Crippen LogP contribution in [-0.2, 0) is 20.9 Å². The summed E-state index contributed by atoms with van der Waals surface area (Å²) in [5.41, 5.74) is 1.16. The standard InChI is InChI=1S/C17H16O5/c1-20-17(19)14-9-5-6-10-15(14)21-12-16(18)22-11-13-7-3-2-4-8-13/h2-10H,11-12H2,1H3. The van der Waals surface area contributed by atoms with Gasteiger partial charge in [0.15, 0.2) is 6.61 Å². The van der Waals surface area contributed by atoms with E-state index in [1.54, 1.807) is 24.3 Å². The lowest BCUT2D eigenvalue weighted by molar-refractivity contribution is -0.147. The van der Waals surface area contributed by atoms with Gasteiger partial charge in [-0.1, -0.05) is 42.5 Å². The van der Waals surface area contributed by atoms with Crippen molar-refractivity contribution >= 4 is 11.9 Å². The minimum atomic E-state index is -0.520. The molecule has 2 aromatic rings. The maximum atomic E-state index is 11.7. The topological polar surface area (TPSA) is 61.8 Å². The summed E-state index contributed by atoms with van der Waals surface area (Å²) in [5.74, 6) is -0.747. The molecule has 0 saturated carbocycles. The Labute approximate surface area is 128 Å². The zero-order valence-electron chi connectivity index (χ0n) is 12.2. The molecule has 0 bridgehead atoms. The second-order valence-electron chi connectivity index (χ2n) is 4.42. The second kappa shape index (κ2) is 7.83. The first-order valence-corrected chi connectivity index (χ1v) is 6.70. The van der Waals surface area contributed by atoms with Gasteiger partial charge in [-0.25, -0.2) is 9.59 Å². The number of carbonyl (C=O) groups is 2. The first kappa shape index (κ1) is 15.6. The van der Waals surface area contributed by atoms with Gasteiger partial charge < -0.3 is 14.2 Å². The molecule has 5 heteroatoms. The molecule has 0 radical (unpaired) electrons. The molecule has 0 heterocycles. The third-order valence-corrected chi connectivity index (χ3v) is 2.88. The first-order chi connectivity index (χ1) is 10.7. The summed E-state index contributed by atoms with van der Waals surface area (Å²) in [4.78, 5) is 23.2. The van der Waals surface area contributed by atoms with Gasteiger partial charge in [-0.15, -0.1) is 0 Å². The van der Waals surface area contributed by atoms with Crippen LogP contribution in [0.25, 0.3) is 0 Å². The predicted octanol–water partition coefficient (Wildman–Crippen LogP) is 2.60. The monoisotopic (exact) mass is 300 g/mol. The van der Waals surface area contributed by atoms with E-state index in [2.05, 4.69) is 4.74 Å². The molecule has 0 aliphatic heterocycles. The van der Waals surface area contributed by atoms with Crippen LogP contribution in [0.1, 0.15) is 15.9 Å². The molecule has 0 unspecified atom stereocenters. The van der Waals surface area contributed by atoms with Crippen LogP contribution in [-0.4, -0.2) is 25.7 Å². The smallest absolute Gasteiger partial charge is 0.344 e. The quantitative estimate of drug-likeness (QED) is 0.767. The number of benzene rings is 2. The summed E-state index contributed by atoms with van der Waals surface area (Å²) >= 11 is 0. The van der Waals surface area contributed by atoms with Crippen LogP contribution in [0.3, 0.4) is 0 Å². The molecule has 5 nitrogen and oxygen atoms in total. The molecule has 22 heavy (non-hydrogen) atoms. The third-order valence-electron chi connectivity index (χ3n) is 2.88. The number of esters is 2. The fourth-order valence-corrected chi connectivity index (χ4v) is 1.79. The van der Waals surface area contributed by atoms with Gasteiger partial charge in [0.05, 0.1) is 7.11 Å². The van der Waals surface area contributed by atoms with E-state index < -0.39 is 11.9 Å². The van der Waals surface area contributed by atoms with E-state index in [1.807, 2.05) is 30.3 Å². The molecule has 0 atom stereocenters. The lowest BCUT2D eigenvalue weighted by atomic mass is 10.2. The molecule has 0 fully saturated rings. The van der Waals surface area contributed by atoms with Crippen LogP contribution >= 0.6 is 0 Å². The average Bonchev–Trinajstić information content (AvgIpc) is 2.58. The fourth-order valence-electron chi connectivity index (χ4n) is 1.79. The van der Waals surface area contributed by atoms with Crippen molar-refractivity contribution in [1.82, 2.24) is 0 Å². The van der Waals surface area contributed by atoms with Crippen LogP contribution in [0.4, 0.5) is 0 Å². The Kier molecular flexibility index (Phi) is 5.54. The lowest BCUT2D eigenvalue weighted by Crippen LogP contribution is -2.16. The second-order valence-corrected chi connectivity index (χ2v) is 4.42. The highest BCUT2D eigenvalue weighted by Crippen LogP contribution is 2.18. The molecule has 0 saturated heterocycles. The maximum Gasteiger partial charge on any atom is 0.344 e. The van der Waals surface area contributed by atoms with Crippen LogP contribution in [0.5, 0.6) is 5.75 Å². The molecular weight excluding hydrogens is 284 g/mol. The molecule has 114 valence electrons. The van der Waals surface area contributed by atoms with Gasteiger partial charge in [0.25, 0.3) is 0 Å². The van der Waals surface area contributed by atoms with Gasteiger partial charge in [0.1, 0.15) is 17.9 Å². The van der Waals surface area contributed by atoms with Crippen LogP contribution in [0.2, 0.25) is 0 Å². The number of ether oxygens (including phenoxy) is 3. The van der Waals surface area contributed by atoms with Crippen molar-refractivity contribution < 1.29 is 23.8 Å². The van der Waals surface area contributed by atoms with Crippen LogP contribution in [0, 0.1) is 0 Å². The van der Waals surface area contributed by atoms with Crippen molar-refractivity contribution in [3.05, 3.63) is 65.7 Å². The molecule has 0 aliphatic rings. The van der Waals surface area contributed by atoms with E-state index in [0.29, 0.717) is 0 Å². The van der Waals surface area contributed by atoms with Crippen molar-refractivity contribution in [3.63, 3.8) is 0 Å². The molecule has 0 aromatic heterocycles. The van der Waals surface area contributed by atoms with E-state index in [4.69, 9.17) is 9.47 Å². The van der Waals surface area contributed by atoms with Gasteiger partial charge in [-0.3, -0.25) is 0 Å². The van der Waals surface area contributed by atoms with Gasteiger partial charge >= 0.3 is 11.9 Å². The van der Waals surface area contributed by atoms with Gasteiger partial charge in [0, 0.05) is 0 Å². The number of para-hydroxylation sites is 1. The highest BCUT2D eigenvalue weighted by Gasteiger charge is 2.13. The third kappa shape index (κ3) is 4.34. The maximum absolute atomic E-state index is 11.7. The summed E-state index contributed by atoms with van der Waals surface area (Å²) in [7, 11) is 1.28. The molecule has 0 N–H and O–H groups in total. The van der Waals surface area contributed by atoms with Gasteiger partial charge in [-0.05, 0) is 17.7 Å². The van der Waals surface area contributed by atoms with E-state index >= 15 is 0 Å². The molecule has 2 aromatic carbocycles. The molecule has 0 aliphatic carbocycles. The zero-order valence-corrected chi connectivity index (χ0v) is 12.2. The van der Waals surface area contributed by atoms with Crippen LogP contribution < -0.4 is 4.74 Å². The average molecular weight is 300 g/mol. The van der Waals surface area contributed by atoms with Crippen molar-refractivity contribution in [2.45, 2.75) is 6.61 Å². The van der Waals surface area contributed by atoms with Gasteiger partial charge in [-0.2, -0.15) is 0 Å². The Balaban J connectivity index is 1.87. The molecular formula is C17H16O5. The van der Waals surface area contributed by atoms with Gasteiger partial charge in [0.2, 0.25) is 0 Å². The summed E-state index contributed by atoms with van der Waals surface area (Å²) in [5, 5.41) is 0. The summed E-state index contributed by atoms with van der Waals surface area (Å²) in [6.45, 7) is -0.0947. The minimum absolute atomic E-state index is 0.182. The number of carbonyl (C=O) groups excluding carboxylic acids is 2. The SMILES string of the molecule is COC(=O)c1ccccc1OCC(=O)OCc1ccccc1. The minimum Gasteiger partial charge on any atom is -0.481 e. The van der Waals surface area contributed by atoms with E-state index in [0.717, 1.165) is 5.56 Å². The Morgan fingerprint density at radius 1 is 0.955 bits per heavy atom. The Morgan fingerprint density at radius 2 is 1.64 bits per heavy atom. The van der Waals surface area contributed by atoms with Crippen molar-refractivity contribution in [2.75, 3.05) is 13.7 Å². The van der Waals surface area contributed by atoms with E-state index in [1.165, 1.54) is 7.11 Å². The Hall–Kier alpha value is -2.82. The van der Waals surface area contributed by atoms with Crippen molar-refractivity contribution in [2.24, 2.45) is 0 Å². The first-order valence-electron chi connectivity index (χ1n) is 6.70. The van der Waals surface area contributed by atoms with E-state index in [-0.39, 0.29) is 24.5 Å². The molecule has 2 rings (SSSR count). The predicted molar refractivity (Wildman–Crippen MR) is 79.5 cm³/mol. The van der Waals surface area contributed by atoms with Crippen molar-refractivity contribution in [3.8, 4) is 5.75 Å². The normalized spacial score (nSPS) is 9.86. The Morgan fingerprint density at radius 3 is 2.36 bits per heavy atom. The number of hydrogen-bond acceptors (Lipinski definition) is 5. The summed E-state index contributed by atoms with van der Waals surface area (Å²) < 4.78 is 15.1. The summed E-state index contributed by atoms with van der Waals surface area (Å²) in [6.07, 6.45) is 0.